The van der Waals surface area contributed by atoms with Gasteiger partial charge in [-0.25, -0.2) is 4.98 Å². The van der Waals surface area contributed by atoms with E-state index in [2.05, 4.69) is 32.0 Å². The third-order valence-corrected chi connectivity index (χ3v) is 3.95. The normalized spacial score (nSPS) is 11.4. The van der Waals surface area contributed by atoms with Crippen LogP contribution in [0.15, 0.2) is 40.9 Å². The van der Waals surface area contributed by atoms with Gasteiger partial charge in [0.2, 0.25) is 0 Å². The minimum absolute atomic E-state index is 0.0203. The number of aromatic hydroxyl groups is 1. The lowest BCUT2D eigenvalue weighted by Crippen LogP contribution is -1.88. The van der Waals surface area contributed by atoms with Gasteiger partial charge in [-0.3, -0.25) is 0 Å². The van der Waals surface area contributed by atoms with E-state index in [-0.39, 0.29) is 5.75 Å². The molecule has 0 saturated heterocycles. The number of nitrogens with one attached hydrogen (secondary N) is 1. The van der Waals surface area contributed by atoms with E-state index in [1.807, 2.05) is 24.3 Å². The van der Waals surface area contributed by atoms with Gasteiger partial charge in [0.05, 0.1) is 28.2 Å². The number of halogens is 1. The molecule has 5 nitrogen and oxygen atoms in total. The number of phenols is 1. The van der Waals surface area contributed by atoms with Crippen molar-refractivity contribution in [3.63, 3.8) is 0 Å². The number of H-pyrrole nitrogens is 1. The zero-order valence-electron chi connectivity index (χ0n) is 12.2. The Morgan fingerprint density at radius 2 is 2.17 bits per heavy atom. The predicted molar refractivity (Wildman–Crippen MR) is 91.9 cm³/mol. The summed E-state index contributed by atoms with van der Waals surface area (Å²) in [5, 5.41) is 19.3. The van der Waals surface area contributed by atoms with E-state index in [4.69, 9.17) is 4.74 Å². The summed E-state index contributed by atoms with van der Waals surface area (Å²) < 4.78 is 5.61. The molecule has 0 saturated carbocycles. The molecule has 1 heterocycles. The zero-order valence-corrected chi connectivity index (χ0v) is 13.8. The molecule has 0 radical (unpaired) electrons. The maximum absolute atomic E-state index is 9.85. The number of hydrogen-bond acceptors (Lipinski definition) is 4. The van der Waals surface area contributed by atoms with E-state index < -0.39 is 0 Å². The van der Waals surface area contributed by atoms with E-state index in [0.29, 0.717) is 27.2 Å². The molecule has 0 amide bonds. The third kappa shape index (κ3) is 2.91. The van der Waals surface area contributed by atoms with E-state index >= 15 is 0 Å². The summed E-state index contributed by atoms with van der Waals surface area (Å²) in [5.74, 6) is 0.844. The molecule has 0 fully saturated rings. The van der Waals surface area contributed by atoms with Crippen LogP contribution in [0.2, 0.25) is 0 Å². The number of nitriles is 1. The molecule has 0 aliphatic carbocycles. The van der Waals surface area contributed by atoms with Crippen LogP contribution in [-0.2, 0) is 0 Å². The molecule has 3 aromatic rings. The number of fused-ring (bicyclic) bond motifs is 1. The van der Waals surface area contributed by atoms with Crippen molar-refractivity contribution in [2.24, 2.45) is 0 Å². The summed E-state index contributed by atoms with van der Waals surface area (Å²) in [6.45, 7) is 0. The number of nitrogens with zero attached hydrogens (tertiary/aromatic N) is 2. The number of hydrogen-bond donors (Lipinski definition) is 2. The van der Waals surface area contributed by atoms with Crippen molar-refractivity contribution >= 4 is 38.6 Å². The Morgan fingerprint density at radius 1 is 1.39 bits per heavy atom. The molecule has 0 aliphatic rings. The average molecular weight is 370 g/mol. The number of benzene rings is 2. The number of ether oxygens (including phenoxy) is 1. The highest BCUT2D eigenvalue weighted by molar-refractivity contribution is 9.10. The lowest BCUT2D eigenvalue weighted by Gasteiger charge is -2.06. The predicted octanol–water partition coefficient (Wildman–Crippen LogP) is 4.10. The Balaban J connectivity index is 2.09. The van der Waals surface area contributed by atoms with Gasteiger partial charge in [0.25, 0.3) is 0 Å². The van der Waals surface area contributed by atoms with Crippen LogP contribution >= 0.6 is 15.9 Å². The van der Waals surface area contributed by atoms with Crippen molar-refractivity contribution in [3.8, 4) is 17.6 Å². The summed E-state index contributed by atoms with van der Waals surface area (Å²) in [5.41, 5.74) is 2.77. The minimum Gasteiger partial charge on any atom is -0.503 e. The quantitative estimate of drug-likeness (QED) is 0.680. The largest absolute Gasteiger partial charge is 0.503 e. The van der Waals surface area contributed by atoms with E-state index in [9.17, 15) is 10.4 Å². The fourth-order valence-corrected chi connectivity index (χ4v) is 2.69. The molecule has 0 aliphatic heterocycles. The first-order chi connectivity index (χ1) is 11.1. The van der Waals surface area contributed by atoms with E-state index in [1.54, 1.807) is 18.2 Å². The molecular formula is C17H12BrN3O2. The van der Waals surface area contributed by atoms with E-state index in [1.165, 1.54) is 7.11 Å². The third-order valence-electron chi connectivity index (χ3n) is 3.35. The van der Waals surface area contributed by atoms with Crippen LogP contribution in [0.1, 0.15) is 11.4 Å². The summed E-state index contributed by atoms with van der Waals surface area (Å²) in [4.78, 5) is 7.55. The van der Waals surface area contributed by atoms with Crippen molar-refractivity contribution in [3.05, 3.63) is 52.3 Å². The van der Waals surface area contributed by atoms with Gasteiger partial charge in [0.15, 0.2) is 11.5 Å². The molecule has 0 atom stereocenters. The number of phenolic OH excluding ortho intramolecular Hbond substituents is 1. The second-order valence-corrected chi connectivity index (χ2v) is 5.68. The second-order valence-electron chi connectivity index (χ2n) is 4.83. The molecule has 0 bridgehead atoms. The molecule has 6 heteroatoms. The van der Waals surface area contributed by atoms with Crippen molar-refractivity contribution < 1.29 is 9.84 Å². The van der Waals surface area contributed by atoms with Crippen LogP contribution < -0.4 is 4.74 Å². The molecule has 3 rings (SSSR count). The number of allylic oxidation sites excluding steroid dienone is 1. The summed E-state index contributed by atoms with van der Waals surface area (Å²) in [7, 11) is 1.47. The molecule has 2 N–H and O–H groups in total. The topological polar surface area (TPSA) is 81.9 Å². The van der Waals surface area contributed by atoms with Crippen LogP contribution in [0.3, 0.4) is 0 Å². The minimum atomic E-state index is 0.0203. The maximum atomic E-state index is 9.85. The highest BCUT2D eigenvalue weighted by atomic mass is 79.9. The smallest absolute Gasteiger partial charge is 0.172 e. The fourth-order valence-electron chi connectivity index (χ4n) is 2.23. The van der Waals surface area contributed by atoms with Gasteiger partial charge in [-0.05, 0) is 51.8 Å². The van der Waals surface area contributed by atoms with Crippen molar-refractivity contribution in [1.82, 2.24) is 9.97 Å². The van der Waals surface area contributed by atoms with E-state index in [0.717, 1.165) is 11.0 Å². The van der Waals surface area contributed by atoms with Crippen LogP contribution in [0.25, 0.3) is 22.7 Å². The molecule has 23 heavy (non-hydrogen) atoms. The van der Waals surface area contributed by atoms with Gasteiger partial charge < -0.3 is 14.8 Å². The monoisotopic (exact) mass is 369 g/mol. The van der Waals surface area contributed by atoms with Gasteiger partial charge in [0.1, 0.15) is 11.9 Å². The maximum Gasteiger partial charge on any atom is 0.172 e. The Bertz CT molecular complexity index is 921. The van der Waals surface area contributed by atoms with Gasteiger partial charge in [-0.2, -0.15) is 5.26 Å². The van der Waals surface area contributed by atoms with Gasteiger partial charge in [0, 0.05) is 0 Å². The first-order valence-electron chi connectivity index (χ1n) is 6.76. The summed E-state index contributed by atoms with van der Waals surface area (Å²) in [6, 6.07) is 13.1. The number of para-hydroxylation sites is 2. The molecule has 2 aromatic carbocycles. The van der Waals surface area contributed by atoms with Crippen LogP contribution in [0, 0.1) is 11.3 Å². The Morgan fingerprint density at radius 3 is 2.87 bits per heavy atom. The Kier molecular flexibility index (Phi) is 4.04. The number of aromatic amines is 1. The van der Waals surface area contributed by atoms with Gasteiger partial charge in [-0.1, -0.05) is 12.1 Å². The first kappa shape index (κ1) is 15.1. The number of imidazole rings is 1. The number of rotatable bonds is 3. The summed E-state index contributed by atoms with van der Waals surface area (Å²) in [6.07, 6.45) is 1.68. The van der Waals surface area contributed by atoms with Gasteiger partial charge >= 0.3 is 0 Å². The number of aromatic nitrogens is 2. The zero-order chi connectivity index (χ0) is 16.4. The summed E-state index contributed by atoms with van der Waals surface area (Å²) >= 11 is 3.27. The van der Waals surface area contributed by atoms with Crippen LogP contribution in [0.4, 0.5) is 0 Å². The van der Waals surface area contributed by atoms with Crippen LogP contribution in [0.5, 0.6) is 11.5 Å². The average Bonchev–Trinajstić information content (AvgIpc) is 2.99. The van der Waals surface area contributed by atoms with Crippen molar-refractivity contribution in [1.29, 1.82) is 5.26 Å². The molecular weight excluding hydrogens is 358 g/mol. The Labute approximate surface area is 141 Å². The first-order valence-corrected chi connectivity index (χ1v) is 7.55. The lowest BCUT2D eigenvalue weighted by atomic mass is 10.1. The van der Waals surface area contributed by atoms with Crippen LogP contribution in [-0.4, -0.2) is 22.2 Å². The highest BCUT2D eigenvalue weighted by Crippen LogP contribution is 2.36. The Hall–Kier alpha value is -2.78. The highest BCUT2D eigenvalue weighted by Gasteiger charge is 2.11. The lowest BCUT2D eigenvalue weighted by molar-refractivity contribution is 0.372. The van der Waals surface area contributed by atoms with Gasteiger partial charge in [-0.15, -0.1) is 0 Å². The molecule has 0 spiro atoms. The second kappa shape index (κ2) is 6.15. The van der Waals surface area contributed by atoms with Crippen molar-refractivity contribution in [2.75, 3.05) is 7.11 Å². The molecule has 0 unspecified atom stereocenters. The molecule has 114 valence electrons. The van der Waals surface area contributed by atoms with Crippen molar-refractivity contribution in [2.45, 2.75) is 0 Å². The number of methoxy groups -OCH3 is 1. The fraction of sp³-hybridized carbons (Fsp3) is 0.0588. The standard InChI is InChI=1S/C17H12BrN3O2/c1-23-15-8-10(7-12(18)16(15)22)6-11(9-19)17-20-13-4-2-3-5-14(13)21-17/h2-8,22H,1H3,(H,20,21)/b11-6-. The molecule has 1 aromatic heterocycles. The SMILES string of the molecule is COc1cc(/C=C(/C#N)c2nc3ccccc3[nH]2)cc(Br)c1O.